The molecule has 1 aromatic carbocycles. The predicted molar refractivity (Wildman–Crippen MR) is 118 cm³/mol. The van der Waals surface area contributed by atoms with Gasteiger partial charge >= 0.3 is 0 Å². The lowest BCUT2D eigenvalue weighted by Gasteiger charge is -2.30. The molecule has 0 saturated carbocycles. The van der Waals surface area contributed by atoms with Gasteiger partial charge < -0.3 is 28.7 Å². The lowest BCUT2D eigenvalue weighted by Crippen LogP contribution is -2.39. The van der Waals surface area contributed by atoms with Gasteiger partial charge in [0.1, 0.15) is 17.3 Å². The lowest BCUT2D eigenvalue weighted by atomic mass is 10.1. The molecule has 0 unspecified atom stereocenters. The highest BCUT2D eigenvalue weighted by Crippen LogP contribution is 2.37. The Morgan fingerprint density at radius 2 is 1.90 bits per heavy atom. The first-order chi connectivity index (χ1) is 14.8. The van der Waals surface area contributed by atoms with Crippen LogP contribution in [0.15, 0.2) is 41.0 Å². The van der Waals surface area contributed by atoms with E-state index in [0.29, 0.717) is 36.9 Å². The number of aromatic nitrogens is 2. The zero-order chi connectivity index (χ0) is 22.2. The van der Waals surface area contributed by atoms with E-state index in [0.717, 1.165) is 22.9 Å². The minimum Gasteiger partial charge on any atom is -0.493 e. The van der Waals surface area contributed by atoms with Crippen molar-refractivity contribution in [2.75, 3.05) is 26.1 Å². The van der Waals surface area contributed by atoms with E-state index in [1.165, 1.54) is 6.26 Å². The smallest absolute Gasteiger partial charge is 0.290 e. The van der Waals surface area contributed by atoms with Gasteiger partial charge in [0.05, 0.1) is 27.0 Å². The van der Waals surface area contributed by atoms with Crippen molar-refractivity contribution in [2.24, 2.45) is 0 Å². The second kappa shape index (κ2) is 8.02. The number of hydrogen-bond acceptors (Lipinski definition) is 6. The second-order valence-corrected chi connectivity index (χ2v) is 8.53. The quantitative estimate of drug-likeness (QED) is 0.666. The van der Waals surface area contributed by atoms with Crippen LogP contribution >= 0.6 is 0 Å². The summed E-state index contributed by atoms with van der Waals surface area (Å²) in [6.45, 7) is 7.96. The van der Waals surface area contributed by atoms with Crippen molar-refractivity contribution in [3.05, 3.63) is 48.2 Å². The number of benzene rings is 1. The third-order valence-electron chi connectivity index (χ3n) is 5.14. The Kier molecular flexibility index (Phi) is 5.39. The van der Waals surface area contributed by atoms with E-state index in [-0.39, 0.29) is 11.4 Å². The highest BCUT2D eigenvalue weighted by atomic mass is 16.5. The van der Waals surface area contributed by atoms with Crippen molar-refractivity contribution in [1.29, 1.82) is 0 Å². The first-order valence-corrected chi connectivity index (χ1v) is 10.2. The van der Waals surface area contributed by atoms with Crippen molar-refractivity contribution < 1.29 is 18.7 Å². The number of imidazole rings is 1. The van der Waals surface area contributed by atoms with Crippen molar-refractivity contribution in [3.63, 3.8) is 0 Å². The van der Waals surface area contributed by atoms with E-state index in [1.807, 2.05) is 18.2 Å². The van der Waals surface area contributed by atoms with E-state index in [4.69, 9.17) is 18.9 Å². The summed E-state index contributed by atoms with van der Waals surface area (Å²) in [5.74, 6) is 3.27. The van der Waals surface area contributed by atoms with Crippen LogP contribution in [0.25, 0.3) is 11.3 Å². The minimum absolute atomic E-state index is 0.128. The molecule has 2 aromatic heterocycles. The molecular weight excluding hydrogens is 396 g/mol. The SMILES string of the molecule is COc1ccc(-c2nc3n(c2NC(C)(C)C)CCN(C(=O)c2ccco2)C3)cc1OC. The van der Waals surface area contributed by atoms with Crippen LogP contribution in [0, 0.1) is 0 Å². The summed E-state index contributed by atoms with van der Waals surface area (Å²) in [5, 5.41) is 3.60. The largest absolute Gasteiger partial charge is 0.493 e. The van der Waals surface area contributed by atoms with Crippen LogP contribution in [0.5, 0.6) is 11.5 Å². The van der Waals surface area contributed by atoms with Gasteiger partial charge in [0.2, 0.25) is 0 Å². The van der Waals surface area contributed by atoms with E-state index in [2.05, 4.69) is 30.7 Å². The first-order valence-electron chi connectivity index (χ1n) is 10.2. The summed E-state index contributed by atoms with van der Waals surface area (Å²) in [7, 11) is 3.23. The van der Waals surface area contributed by atoms with E-state index in [9.17, 15) is 4.79 Å². The van der Waals surface area contributed by atoms with Crippen LogP contribution in [0.3, 0.4) is 0 Å². The van der Waals surface area contributed by atoms with Crippen molar-refractivity contribution in [2.45, 2.75) is 39.4 Å². The van der Waals surface area contributed by atoms with E-state index >= 15 is 0 Å². The molecule has 0 bridgehead atoms. The van der Waals surface area contributed by atoms with Crippen LogP contribution in [-0.2, 0) is 13.1 Å². The second-order valence-electron chi connectivity index (χ2n) is 8.53. The molecule has 0 atom stereocenters. The third-order valence-corrected chi connectivity index (χ3v) is 5.14. The molecule has 1 aliphatic heterocycles. The molecule has 8 nitrogen and oxygen atoms in total. The van der Waals surface area contributed by atoms with Crippen LogP contribution in [0.1, 0.15) is 37.2 Å². The number of nitrogens with zero attached hydrogens (tertiary/aromatic N) is 3. The van der Waals surface area contributed by atoms with Gasteiger partial charge in [0.25, 0.3) is 5.91 Å². The Morgan fingerprint density at radius 1 is 1.13 bits per heavy atom. The van der Waals surface area contributed by atoms with Gasteiger partial charge in [0, 0.05) is 24.2 Å². The highest BCUT2D eigenvalue weighted by Gasteiger charge is 2.29. The average Bonchev–Trinajstić information content (AvgIpc) is 3.40. The molecule has 3 aromatic rings. The Bertz CT molecular complexity index is 1080. The number of hydrogen-bond donors (Lipinski definition) is 1. The van der Waals surface area contributed by atoms with Gasteiger partial charge in [-0.05, 0) is 51.1 Å². The van der Waals surface area contributed by atoms with Crippen LogP contribution in [-0.4, -0.2) is 46.7 Å². The van der Waals surface area contributed by atoms with Gasteiger partial charge in [0.15, 0.2) is 17.3 Å². The summed E-state index contributed by atoms with van der Waals surface area (Å²) in [4.78, 5) is 19.5. The number of carbonyl (C=O) groups excluding carboxylic acids is 1. The first kappa shape index (κ1) is 20.8. The highest BCUT2D eigenvalue weighted by molar-refractivity contribution is 5.91. The topological polar surface area (TPSA) is 81.8 Å². The van der Waals surface area contributed by atoms with Crippen molar-refractivity contribution in [3.8, 4) is 22.8 Å². The number of amides is 1. The van der Waals surface area contributed by atoms with Gasteiger partial charge in [-0.15, -0.1) is 0 Å². The molecule has 1 amide bonds. The monoisotopic (exact) mass is 424 g/mol. The standard InChI is InChI=1S/C23H28N4O4/c1-23(2,3)25-21-20(15-8-9-16(29-4)18(13-15)30-5)24-19-14-26(10-11-27(19)21)22(28)17-7-6-12-31-17/h6-9,12-13,25H,10-11,14H2,1-5H3. The number of ether oxygens (including phenoxy) is 2. The number of anilines is 1. The fraction of sp³-hybridized carbons (Fsp3) is 0.391. The molecule has 4 rings (SSSR count). The fourth-order valence-electron chi connectivity index (χ4n) is 3.73. The van der Waals surface area contributed by atoms with Crippen LogP contribution in [0.2, 0.25) is 0 Å². The van der Waals surface area contributed by atoms with Crippen molar-refractivity contribution in [1.82, 2.24) is 14.5 Å². The minimum atomic E-state index is -0.163. The fourth-order valence-corrected chi connectivity index (χ4v) is 3.73. The molecule has 0 saturated heterocycles. The average molecular weight is 425 g/mol. The lowest BCUT2D eigenvalue weighted by molar-refractivity contribution is 0.0675. The molecule has 3 heterocycles. The summed E-state index contributed by atoms with van der Waals surface area (Å²) in [6.07, 6.45) is 1.51. The number of nitrogens with one attached hydrogen (secondary N) is 1. The Balaban J connectivity index is 1.74. The van der Waals surface area contributed by atoms with E-state index in [1.54, 1.807) is 31.3 Å². The third kappa shape index (κ3) is 4.10. The van der Waals surface area contributed by atoms with E-state index < -0.39 is 0 Å². The summed E-state index contributed by atoms with van der Waals surface area (Å²) in [6, 6.07) is 9.17. The van der Waals surface area contributed by atoms with Gasteiger partial charge in [-0.1, -0.05) is 0 Å². The summed E-state index contributed by atoms with van der Waals surface area (Å²) < 4.78 is 18.3. The molecule has 0 spiro atoms. The maximum Gasteiger partial charge on any atom is 0.290 e. The zero-order valence-corrected chi connectivity index (χ0v) is 18.6. The van der Waals surface area contributed by atoms with Crippen LogP contribution < -0.4 is 14.8 Å². The predicted octanol–water partition coefficient (Wildman–Crippen LogP) is 4.03. The van der Waals surface area contributed by atoms with Gasteiger partial charge in [-0.25, -0.2) is 4.98 Å². The molecule has 0 fully saturated rings. The van der Waals surface area contributed by atoms with Gasteiger partial charge in [-0.2, -0.15) is 0 Å². The molecule has 1 aliphatic rings. The van der Waals surface area contributed by atoms with Crippen LogP contribution in [0.4, 0.5) is 5.82 Å². The number of fused-ring (bicyclic) bond motifs is 1. The summed E-state index contributed by atoms with van der Waals surface area (Å²) >= 11 is 0. The molecule has 0 radical (unpaired) electrons. The Labute approximate surface area is 181 Å². The normalized spacial score (nSPS) is 13.6. The maximum absolute atomic E-state index is 12.8. The molecule has 164 valence electrons. The Hall–Kier alpha value is -3.42. The molecule has 8 heteroatoms. The number of methoxy groups -OCH3 is 2. The molecular formula is C23H28N4O4. The zero-order valence-electron chi connectivity index (χ0n) is 18.6. The number of furan rings is 1. The molecule has 1 N–H and O–H groups in total. The number of carbonyl (C=O) groups is 1. The van der Waals surface area contributed by atoms with Crippen molar-refractivity contribution >= 4 is 11.7 Å². The molecule has 31 heavy (non-hydrogen) atoms. The molecule has 0 aliphatic carbocycles. The Morgan fingerprint density at radius 3 is 2.55 bits per heavy atom. The van der Waals surface area contributed by atoms with Gasteiger partial charge in [-0.3, -0.25) is 4.79 Å². The number of rotatable bonds is 5. The summed E-state index contributed by atoms with van der Waals surface area (Å²) in [5.41, 5.74) is 1.57. The maximum atomic E-state index is 12.8.